The Hall–Kier alpha value is -1.76. The quantitative estimate of drug-likeness (QED) is 0.423. The maximum atomic E-state index is 5.16. The molecule has 4 nitrogen and oxygen atoms in total. The molecule has 2 aromatic carbocycles. The van der Waals surface area contributed by atoms with Gasteiger partial charge < -0.3 is 15.4 Å². The van der Waals surface area contributed by atoms with Crippen LogP contribution in [0.25, 0.3) is 0 Å². The number of nitrogens with one attached hydrogen (secondary N) is 2. The van der Waals surface area contributed by atoms with Gasteiger partial charge in [-0.25, -0.2) is 4.99 Å². The molecule has 0 spiro atoms. The molecule has 0 aliphatic carbocycles. The van der Waals surface area contributed by atoms with Crippen molar-refractivity contribution in [2.45, 2.75) is 20.0 Å². The van der Waals surface area contributed by atoms with Crippen molar-refractivity contribution in [3.05, 3.63) is 65.7 Å². The summed E-state index contributed by atoms with van der Waals surface area (Å²) in [7, 11) is 1.67. The summed E-state index contributed by atoms with van der Waals surface area (Å²) in [6, 6.07) is 18.3. The van der Waals surface area contributed by atoms with E-state index in [1.54, 1.807) is 7.11 Å². The molecule has 0 heterocycles. The van der Waals surface area contributed by atoms with Crippen molar-refractivity contribution in [1.29, 1.82) is 0 Å². The summed E-state index contributed by atoms with van der Waals surface area (Å²) in [5.41, 5.74) is 2.38. The minimum Gasteiger partial charge on any atom is -0.497 e. The van der Waals surface area contributed by atoms with Crippen LogP contribution in [0, 0.1) is 0 Å². The normalized spacial score (nSPS) is 10.6. The molecule has 0 aromatic heterocycles. The average molecular weight is 425 g/mol. The number of hydrogen-bond acceptors (Lipinski definition) is 2. The Morgan fingerprint density at radius 2 is 1.65 bits per heavy atom. The number of methoxy groups -OCH3 is 1. The number of ether oxygens (including phenoxy) is 1. The molecule has 5 heteroatoms. The first kappa shape index (κ1) is 19.3. The summed E-state index contributed by atoms with van der Waals surface area (Å²) in [6.45, 7) is 4.29. The lowest BCUT2D eigenvalue weighted by atomic mass is 10.2. The molecule has 2 rings (SSSR count). The summed E-state index contributed by atoms with van der Waals surface area (Å²) in [5, 5.41) is 6.60. The first-order valence-corrected chi connectivity index (χ1v) is 7.51. The van der Waals surface area contributed by atoms with Crippen LogP contribution in [0.15, 0.2) is 59.6 Å². The zero-order valence-electron chi connectivity index (χ0n) is 13.6. The maximum absolute atomic E-state index is 5.16. The van der Waals surface area contributed by atoms with E-state index >= 15 is 0 Å². The first-order valence-electron chi connectivity index (χ1n) is 7.51. The van der Waals surface area contributed by atoms with E-state index in [1.807, 2.05) is 42.5 Å². The molecule has 0 fully saturated rings. The highest BCUT2D eigenvalue weighted by Gasteiger charge is 1.99. The lowest BCUT2D eigenvalue weighted by Gasteiger charge is -2.11. The fraction of sp³-hybridized carbons (Fsp3) is 0.278. The fourth-order valence-corrected chi connectivity index (χ4v) is 2.02. The van der Waals surface area contributed by atoms with E-state index in [2.05, 4.69) is 34.7 Å². The third-order valence-corrected chi connectivity index (χ3v) is 3.23. The molecule has 0 radical (unpaired) electrons. The van der Waals surface area contributed by atoms with Crippen molar-refractivity contribution in [3.8, 4) is 5.75 Å². The van der Waals surface area contributed by atoms with Crippen LogP contribution in [0.4, 0.5) is 0 Å². The topological polar surface area (TPSA) is 45.7 Å². The largest absolute Gasteiger partial charge is 0.497 e. The van der Waals surface area contributed by atoms with Gasteiger partial charge in [0.15, 0.2) is 5.96 Å². The smallest absolute Gasteiger partial charge is 0.191 e. The molecule has 0 bridgehead atoms. The van der Waals surface area contributed by atoms with E-state index in [1.165, 1.54) is 11.1 Å². The van der Waals surface area contributed by atoms with E-state index in [4.69, 9.17) is 4.74 Å². The van der Waals surface area contributed by atoms with E-state index in [0.717, 1.165) is 24.8 Å². The summed E-state index contributed by atoms with van der Waals surface area (Å²) in [6.07, 6.45) is 0. The number of hydrogen-bond donors (Lipinski definition) is 2. The van der Waals surface area contributed by atoms with Crippen LogP contribution in [-0.2, 0) is 13.1 Å². The highest BCUT2D eigenvalue weighted by Crippen LogP contribution is 2.10. The number of halogens is 1. The number of nitrogens with zero attached hydrogens (tertiary/aromatic N) is 1. The molecule has 0 saturated heterocycles. The van der Waals surface area contributed by atoms with Gasteiger partial charge in [0, 0.05) is 13.1 Å². The molecule has 2 aromatic rings. The Morgan fingerprint density at radius 3 is 2.26 bits per heavy atom. The van der Waals surface area contributed by atoms with Crippen molar-refractivity contribution in [2.75, 3.05) is 13.7 Å². The minimum atomic E-state index is 0. The molecule has 0 amide bonds. The Labute approximate surface area is 155 Å². The predicted octanol–water partition coefficient (Wildman–Crippen LogP) is 3.57. The van der Waals surface area contributed by atoms with Gasteiger partial charge in [-0.1, -0.05) is 42.5 Å². The second-order valence-corrected chi connectivity index (χ2v) is 4.88. The Balaban J connectivity index is 0.00000264. The van der Waals surface area contributed by atoms with Crippen LogP contribution in [0.3, 0.4) is 0 Å². The van der Waals surface area contributed by atoms with Gasteiger partial charge in [0.2, 0.25) is 0 Å². The van der Waals surface area contributed by atoms with Crippen molar-refractivity contribution in [3.63, 3.8) is 0 Å². The molecule has 23 heavy (non-hydrogen) atoms. The summed E-state index contributed by atoms with van der Waals surface area (Å²) in [4.78, 5) is 4.60. The summed E-state index contributed by atoms with van der Waals surface area (Å²) < 4.78 is 5.16. The van der Waals surface area contributed by atoms with Crippen LogP contribution < -0.4 is 15.4 Å². The van der Waals surface area contributed by atoms with Gasteiger partial charge in [-0.15, -0.1) is 24.0 Å². The standard InChI is InChI=1S/C18H23N3O.HI/c1-3-19-18(20-13-15-7-5-4-6-8-15)21-14-16-9-11-17(22-2)12-10-16;/h4-12H,3,13-14H2,1-2H3,(H2,19,20,21);1H. The van der Waals surface area contributed by atoms with Crippen molar-refractivity contribution >= 4 is 29.9 Å². The molecule has 0 atom stereocenters. The molecule has 124 valence electrons. The third-order valence-electron chi connectivity index (χ3n) is 3.23. The van der Waals surface area contributed by atoms with Crippen molar-refractivity contribution in [1.82, 2.24) is 10.6 Å². The number of benzene rings is 2. The summed E-state index contributed by atoms with van der Waals surface area (Å²) in [5.74, 6) is 1.69. The Bertz CT molecular complexity index is 585. The number of aliphatic imine (C=N–C) groups is 1. The van der Waals surface area contributed by atoms with Crippen LogP contribution >= 0.6 is 24.0 Å². The van der Waals surface area contributed by atoms with Crippen LogP contribution in [-0.4, -0.2) is 19.6 Å². The highest BCUT2D eigenvalue weighted by molar-refractivity contribution is 14.0. The van der Waals surface area contributed by atoms with Crippen LogP contribution in [0.1, 0.15) is 18.1 Å². The monoisotopic (exact) mass is 425 g/mol. The Morgan fingerprint density at radius 1 is 0.957 bits per heavy atom. The molecule has 0 aliphatic rings. The zero-order chi connectivity index (χ0) is 15.6. The van der Waals surface area contributed by atoms with E-state index in [0.29, 0.717) is 6.54 Å². The zero-order valence-corrected chi connectivity index (χ0v) is 15.9. The first-order chi connectivity index (χ1) is 10.8. The predicted molar refractivity (Wildman–Crippen MR) is 107 cm³/mol. The van der Waals surface area contributed by atoms with Crippen LogP contribution in [0.2, 0.25) is 0 Å². The molecule has 0 saturated carbocycles. The SMILES string of the molecule is CCNC(=NCc1ccccc1)NCc1ccc(OC)cc1.I. The van der Waals surface area contributed by atoms with Gasteiger partial charge in [-0.3, -0.25) is 0 Å². The third kappa shape index (κ3) is 6.90. The van der Waals surface area contributed by atoms with Crippen molar-refractivity contribution in [2.24, 2.45) is 4.99 Å². The average Bonchev–Trinajstić information content (AvgIpc) is 2.59. The second kappa shape index (κ2) is 10.9. The van der Waals surface area contributed by atoms with Gasteiger partial charge in [0.05, 0.1) is 13.7 Å². The molecular weight excluding hydrogens is 401 g/mol. The second-order valence-electron chi connectivity index (χ2n) is 4.88. The van der Waals surface area contributed by atoms with E-state index in [-0.39, 0.29) is 24.0 Å². The van der Waals surface area contributed by atoms with Crippen LogP contribution in [0.5, 0.6) is 5.75 Å². The highest BCUT2D eigenvalue weighted by atomic mass is 127. The van der Waals surface area contributed by atoms with E-state index in [9.17, 15) is 0 Å². The number of rotatable bonds is 6. The maximum Gasteiger partial charge on any atom is 0.191 e. The summed E-state index contributed by atoms with van der Waals surface area (Å²) >= 11 is 0. The van der Waals surface area contributed by atoms with Gasteiger partial charge in [-0.05, 0) is 30.2 Å². The molecular formula is C18H24IN3O. The van der Waals surface area contributed by atoms with Gasteiger partial charge in [-0.2, -0.15) is 0 Å². The lowest BCUT2D eigenvalue weighted by Crippen LogP contribution is -2.36. The Kier molecular flexibility index (Phi) is 9.12. The molecule has 0 unspecified atom stereocenters. The number of guanidine groups is 1. The van der Waals surface area contributed by atoms with Gasteiger partial charge >= 0.3 is 0 Å². The molecule has 2 N–H and O–H groups in total. The van der Waals surface area contributed by atoms with Gasteiger partial charge in [0.1, 0.15) is 5.75 Å². The fourth-order valence-electron chi connectivity index (χ4n) is 2.02. The van der Waals surface area contributed by atoms with Gasteiger partial charge in [0.25, 0.3) is 0 Å². The van der Waals surface area contributed by atoms with E-state index < -0.39 is 0 Å². The van der Waals surface area contributed by atoms with Crippen molar-refractivity contribution < 1.29 is 4.74 Å². The lowest BCUT2D eigenvalue weighted by molar-refractivity contribution is 0.414. The minimum absolute atomic E-state index is 0. The molecule has 0 aliphatic heterocycles.